The number of piperidine rings is 1. The molecule has 1 aromatic rings. The maximum atomic E-state index is 12.1. The van der Waals surface area contributed by atoms with Crippen molar-refractivity contribution in [1.82, 2.24) is 14.9 Å². The van der Waals surface area contributed by atoms with E-state index in [-0.39, 0.29) is 29.7 Å². The van der Waals surface area contributed by atoms with Gasteiger partial charge in [-0.25, -0.2) is 13.1 Å². The van der Waals surface area contributed by atoms with Gasteiger partial charge >= 0.3 is 0 Å². The summed E-state index contributed by atoms with van der Waals surface area (Å²) in [5, 5.41) is 2.70. The van der Waals surface area contributed by atoms with Crippen LogP contribution in [0.2, 0.25) is 0 Å². The van der Waals surface area contributed by atoms with Crippen molar-refractivity contribution in [2.75, 3.05) is 26.2 Å². The fourth-order valence-corrected chi connectivity index (χ4v) is 3.79. The Morgan fingerprint density at radius 3 is 2.32 bits per heavy atom. The van der Waals surface area contributed by atoms with Gasteiger partial charge in [0, 0.05) is 38.2 Å². The molecule has 1 saturated heterocycles. The fraction of sp³-hybridized carbons (Fsp3) is 0.529. The van der Waals surface area contributed by atoms with Crippen LogP contribution in [0.3, 0.4) is 0 Å². The Morgan fingerprint density at radius 2 is 1.72 bits per heavy atom. The van der Waals surface area contributed by atoms with Crippen LogP contribution < -0.4 is 10.0 Å². The van der Waals surface area contributed by atoms with Gasteiger partial charge in [-0.05, 0) is 43.5 Å². The number of carbonyl (C=O) groups excluding carboxylic acids is 2. The lowest BCUT2D eigenvalue weighted by atomic mass is 10.1. The summed E-state index contributed by atoms with van der Waals surface area (Å²) in [6.45, 7) is 3.87. The summed E-state index contributed by atoms with van der Waals surface area (Å²) in [5.74, 6) is -0.258. The van der Waals surface area contributed by atoms with E-state index in [1.54, 1.807) is 6.92 Å². The summed E-state index contributed by atoms with van der Waals surface area (Å²) in [5.41, 5.74) is 0.362. The fourth-order valence-electron chi connectivity index (χ4n) is 2.75. The molecule has 1 aromatic carbocycles. The number of nitrogens with zero attached hydrogens (tertiary/aromatic N) is 1. The molecule has 1 fully saturated rings. The SMILES string of the molecule is CCNS(=O)(=O)c1ccc(C(=O)NCCC(=O)N2CCCCC2)cc1. The summed E-state index contributed by atoms with van der Waals surface area (Å²) >= 11 is 0. The number of carbonyl (C=O) groups is 2. The highest BCUT2D eigenvalue weighted by molar-refractivity contribution is 7.89. The molecule has 2 amide bonds. The molecular formula is C17H25N3O4S. The highest BCUT2D eigenvalue weighted by Crippen LogP contribution is 2.11. The summed E-state index contributed by atoms with van der Waals surface area (Å²) in [4.78, 5) is 26.1. The molecule has 0 aliphatic carbocycles. The molecule has 0 spiro atoms. The smallest absolute Gasteiger partial charge is 0.251 e. The first kappa shape index (κ1) is 19.4. The van der Waals surface area contributed by atoms with Gasteiger partial charge in [0.25, 0.3) is 5.91 Å². The van der Waals surface area contributed by atoms with Crippen molar-refractivity contribution in [1.29, 1.82) is 0 Å². The van der Waals surface area contributed by atoms with Gasteiger partial charge in [-0.3, -0.25) is 9.59 Å². The highest BCUT2D eigenvalue weighted by atomic mass is 32.2. The molecule has 2 N–H and O–H groups in total. The first-order chi connectivity index (χ1) is 11.9. The zero-order valence-corrected chi connectivity index (χ0v) is 15.3. The third kappa shape index (κ3) is 5.54. The third-order valence-electron chi connectivity index (χ3n) is 4.09. The van der Waals surface area contributed by atoms with Crippen LogP contribution in [0.1, 0.15) is 43.0 Å². The molecule has 1 aliphatic rings. The standard InChI is InChI=1S/C17H25N3O4S/c1-2-19-25(23,24)15-8-6-14(7-9-15)17(22)18-11-10-16(21)20-12-4-3-5-13-20/h6-9,19H,2-5,10-13H2,1H3,(H,18,22). The predicted octanol–water partition coefficient (Wildman–Crippen LogP) is 1.12. The van der Waals surface area contributed by atoms with E-state index in [4.69, 9.17) is 0 Å². The molecule has 0 aromatic heterocycles. The Hall–Kier alpha value is -1.93. The second-order valence-electron chi connectivity index (χ2n) is 5.97. The highest BCUT2D eigenvalue weighted by Gasteiger charge is 2.17. The molecule has 138 valence electrons. The lowest BCUT2D eigenvalue weighted by molar-refractivity contribution is -0.131. The number of amides is 2. The van der Waals surface area contributed by atoms with Crippen LogP contribution in [0.5, 0.6) is 0 Å². The van der Waals surface area contributed by atoms with Crippen molar-refractivity contribution in [3.63, 3.8) is 0 Å². The number of hydrogen-bond acceptors (Lipinski definition) is 4. The average molecular weight is 367 g/mol. The minimum Gasteiger partial charge on any atom is -0.352 e. The third-order valence-corrected chi connectivity index (χ3v) is 5.66. The Bertz CT molecular complexity index is 695. The van der Waals surface area contributed by atoms with E-state index >= 15 is 0 Å². The van der Waals surface area contributed by atoms with E-state index in [2.05, 4.69) is 10.0 Å². The van der Waals surface area contributed by atoms with Crippen molar-refractivity contribution < 1.29 is 18.0 Å². The Balaban J connectivity index is 1.83. The number of likely N-dealkylation sites (tertiary alicyclic amines) is 1. The number of nitrogens with one attached hydrogen (secondary N) is 2. The van der Waals surface area contributed by atoms with E-state index in [0.29, 0.717) is 12.1 Å². The minimum atomic E-state index is -3.53. The molecule has 1 aliphatic heterocycles. The van der Waals surface area contributed by atoms with E-state index in [1.165, 1.54) is 30.7 Å². The van der Waals surface area contributed by atoms with Crippen LogP contribution in [-0.4, -0.2) is 51.3 Å². The lowest BCUT2D eigenvalue weighted by Crippen LogP contribution is -2.37. The normalized spacial score (nSPS) is 15.0. The van der Waals surface area contributed by atoms with Gasteiger partial charge < -0.3 is 10.2 Å². The van der Waals surface area contributed by atoms with E-state index < -0.39 is 10.0 Å². The molecule has 8 heteroatoms. The van der Waals surface area contributed by atoms with Gasteiger partial charge in [-0.1, -0.05) is 6.92 Å². The van der Waals surface area contributed by atoms with Gasteiger partial charge in [-0.2, -0.15) is 0 Å². The van der Waals surface area contributed by atoms with Crippen LogP contribution in [0.15, 0.2) is 29.2 Å². The number of hydrogen-bond donors (Lipinski definition) is 2. The summed E-state index contributed by atoms with van der Waals surface area (Å²) in [6.07, 6.45) is 3.53. The minimum absolute atomic E-state index is 0.0621. The summed E-state index contributed by atoms with van der Waals surface area (Å²) in [6, 6.07) is 5.72. The Kier molecular flexibility index (Phi) is 6.95. The van der Waals surface area contributed by atoms with Crippen LogP contribution >= 0.6 is 0 Å². The summed E-state index contributed by atoms with van der Waals surface area (Å²) in [7, 11) is -3.53. The zero-order chi connectivity index (χ0) is 18.3. The van der Waals surface area contributed by atoms with Crippen molar-refractivity contribution in [3.05, 3.63) is 29.8 Å². The Labute approximate surface area is 148 Å². The van der Waals surface area contributed by atoms with Crippen molar-refractivity contribution in [3.8, 4) is 0 Å². The molecule has 7 nitrogen and oxygen atoms in total. The topological polar surface area (TPSA) is 95.6 Å². The Morgan fingerprint density at radius 1 is 1.08 bits per heavy atom. The largest absolute Gasteiger partial charge is 0.352 e. The van der Waals surface area contributed by atoms with Gasteiger partial charge in [0.05, 0.1) is 4.90 Å². The van der Waals surface area contributed by atoms with Crippen LogP contribution in [0.4, 0.5) is 0 Å². The molecule has 0 radical (unpaired) electrons. The first-order valence-corrected chi connectivity index (χ1v) is 10.1. The molecule has 0 atom stereocenters. The number of rotatable bonds is 7. The molecule has 0 saturated carbocycles. The van der Waals surface area contributed by atoms with Gasteiger partial charge in [-0.15, -0.1) is 0 Å². The zero-order valence-electron chi connectivity index (χ0n) is 14.5. The van der Waals surface area contributed by atoms with Crippen molar-refractivity contribution in [2.45, 2.75) is 37.5 Å². The van der Waals surface area contributed by atoms with Gasteiger partial charge in [0.2, 0.25) is 15.9 Å². The molecule has 0 bridgehead atoms. The monoisotopic (exact) mass is 367 g/mol. The second-order valence-corrected chi connectivity index (χ2v) is 7.74. The lowest BCUT2D eigenvalue weighted by Gasteiger charge is -2.26. The van der Waals surface area contributed by atoms with E-state index in [9.17, 15) is 18.0 Å². The maximum absolute atomic E-state index is 12.1. The molecule has 2 rings (SSSR count). The van der Waals surface area contributed by atoms with Crippen LogP contribution in [0.25, 0.3) is 0 Å². The molecule has 1 heterocycles. The van der Waals surface area contributed by atoms with Crippen LogP contribution in [-0.2, 0) is 14.8 Å². The number of sulfonamides is 1. The van der Waals surface area contributed by atoms with Gasteiger partial charge in [0.1, 0.15) is 0 Å². The molecular weight excluding hydrogens is 342 g/mol. The quantitative estimate of drug-likeness (QED) is 0.755. The van der Waals surface area contributed by atoms with E-state index in [0.717, 1.165) is 25.9 Å². The molecule has 0 unspecified atom stereocenters. The van der Waals surface area contributed by atoms with Crippen LogP contribution in [0, 0.1) is 0 Å². The van der Waals surface area contributed by atoms with Crippen molar-refractivity contribution in [2.24, 2.45) is 0 Å². The van der Waals surface area contributed by atoms with E-state index in [1.807, 2.05) is 4.90 Å². The molecule has 25 heavy (non-hydrogen) atoms. The van der Waals surface area contributed by atoms with Crippen molar-refractivity contribution >= 4 is 21.8 Å². The number of benzene rings is 1. The van der Waals surface area contributed by atoms with Gasteiger partial charge in [0.15, 0.2) is 0 Å². The predicted molar refractivity (Wildman–Crippen MR) is 94.7 cm³/mol. The average Bonchev–Trinajstić information content (AvgIpc) is 2.62. The summed E-state index contributed by atoms with van der Waals surface area (Å²) < 4.78 is 26.1. The second kappa shape index (κ2) is 8.96. The maximum Gasteiger partial charge on any atom is 0.251 e. The first-order valence-electron chi connectivity index (χ1n) is 8.60.